The third-order valence-corrected chi connectivity index (χ3v) is 6.63. The van der Waals surface area contributed by atoms with Crippen molar-refractivity contribution in [1.29, 1.82) is 0 Å². The first-order chi connectivity index (χ1) is 13.1. The standard InChI is InChI=1S/C21H30ClN3O2.2ClH/c1-27-20-5-2-17(22)13-16(20)14-24-6-8-25(9-7-24)21(26)12-15-10-18-3-4-19(11-15)23-18;;/h2,5,13,15,18-19,23H,3-4,6-12,14H2,1H3;2*1H. The molecule has 2 atom stereocenters. The van der Waals surface area contributed by atoms with Gasteiger partial charge in [0.05, 0.1) is 7.11 Å². The molecule has 5 nitrogen and oxygen atoms in total. The molecule has 29 heavy (non-hydrogen) atoms. The van der Waals surface area contributed by atoms with Crippen LogP contribution in [-0.2, 0) is 11.3 Å². The van der Waals surface area contributed by atoms with E-state index in [1.807, 2.05) is 18.2 Å². The molecule has 3 heterocycles. The quantitative estimate of drug-likeness (QED) is 0.721. The molecule has 0 aliphatic carbocycles. The normalized spacial score (nSPS) is 26.4. The molecule has 0 radical (unpaired) electrons. The minimum absolute atomic E-state index is 0. The smallest absolute Gasteiger partial charge is 0.222 e. The molecule has 2 bridgehead atoms. The summed E-state index contributed by atoms with van der Waals surface area (Å²) in [7, 11) is 1.69. The highest BCUT2D eigenvalue weighted by atomic mass is 35.5. The molecule has 0 saturated carbocycles. The van der Waals surface area contributed by atoms with Crippen LogP contribution >= 0.6 is 36.4 Å². The van der Waals surface area contributed by atoms with Crippen LogP contribution in [0.5, 0.6) is 5.75 Å². The van der Waals surface area contributed by atoms with E-state index >= 15 is 0 Å². The number of halogens is 3. The predicted octanol–water partition coefficient (Wildman–Crippen LogP) is 3.76. The van der Waals surface area contributed by atoms with Gasteiger partial charge in [0, 0.05) is 61.8 Å². The summed E-state index contributed by atoms with van der Waals surface area (Å²) in [6.07, 6.45) is 5.67. The molecular weight excluding hydrogens is 433 g/mol. The maximum absolute atomic E-state index is 12.8. The zero-order valence-corrected chi connectivity index (χ0v) is 19.3. The molecule has 3 aliphatic rings. The SMILES string of the molecule is COc1ccc(Cl)cc1CN1CCN(C(=O)CC2CC3CCC(C2)N3)CC1.Cl.Cl. The summed E-state index contributed by atoms with van der Waals surface area (Å²) in [4.78, 5) is 17.2. The zero-order chi connectivity index (χ0) is 18.8. The lowest BCUT2D eigenvalue weighted by Crippen LogP contribution is -2.49. The van der Waals surface area contributed by atoms with Crippen molar-refractivity contribution in [2.24, 2.45) is 5.92 Å². The molecule has 164 valence electrons. The van der Waals surface area contributed by atoms with E-state index in [0.29, 0.717) is 23.9 Å². The summed E-state index contributed by atoms with van der Waals surface area (Å²) in [5, 5.41) is 4.40. The molecule has 3 fully saturated rings. The van der Waals surface area contributed by atoms with Crippen LogP contribution in [0.15, 0.2) is 18.2 Å². The van der Waals surface area contributed by atoms with Gasteiger partial charge < -0.3 is 15.0 Å². The Balaban J connectivity index is 0.00000150. The number of rotatable bonds is 5. The Bertz CT molecular complexity index is 671. The molecule has 1 aromatic rings. The number of amides is 1. The molecule has 0 spiro atoms. The molecule has 2 unspecified atom stereocenters. The molecule has 1 N–H and O–H groups in total. The largest absolute Gasteiger partial charge is 0.496 e. The number of hydrogen-bond acceptors (Lipinski definition) is 4. The summed E-state index contributed by atoms with van der Waals surface area (Å²) in [5.41, 5.74) is 1.11. The van der Waals surface area contributed by atoms with E-state index in [-0.39, 0.29) is 24.8 Å². The van der Waals surface area contributed by atoms with Crippen molar-refractivity contribution in [3.05, 3.63) is 28.8 Å². The van der Waals surface area contributed by atoms with Crippen LogP contribution in [0.25, 0.3) is 0 Å². The van der Waals surface area contributed by atoms with Crippen LogP contribution in [-0.4, -0.2) is 61.1 Å². The molecule has 1 aromatic carbocycles. The van der Waals surface area contributed by atoms with Crippen LogP contribution in [0, 0.1) is 5.92 Å². The minimum Gasteiger partial charge on any atom is -0.496 e. The molecular formula is C21H32Cl3N3O2. The monoisotopic (exact) mass is 463 g/mol. The lowest BCUT2D eigenvalue weighted by molar-refractivity contribution is -0.134. The lowest BCUT2D eigenvalue weighted by Gasteiger charge is -2.36. The maximum atomic E-state index is 12.8. The van der Waals surface area contributed by atoms with Gasteiger partial charge in [-0.25, -0.2) is 0 Å². The minimum atomic E-state index is 0. The van der Waals surface area contributed by atoms with Gasteiger partial charge in [-0.15, -0.1) is 24.8 Å². The highest BCUT2D eigenvalue weighted by molar-refractivity contribution is 6.30. The number of piperidine rings is 1. The summed E-state index contributed by atoms with van der Waals surface area (Å²) < 4.78 is 5.45. The van der Waals surface area contributed by atoms with Crippen LogP contribution < -0.4 is 10.1 Å². The first-order valence-electron chi connectivity index (χ1n) is 10.2. The lowest BCUT2D eigenvalue weighted by atomic mass is 9.89. The Kier molecular flexibility index (Phi) is 9.36. The number of carbonyl (C=O) groups excluding carboxylic acids is 1. The summed E-state index contributed by atoms with van der Waals surface area (Å²) in [6.45, 7) is 4.25. The first kappa shape index (κ1) is 24.5. The second-order valence-corrected chi connectivity index (χ2v) is 8.73. The Hall–Kier alpha value is -0.720. The molecule has 1 amide bonds. The highest BCUT2D eigenvalue weighted by Gasteiger charge is 2.35. The van der Waals surface area contributed by atoms with E-state index in [4.69, 9.17) is 16.3 Å². The van der Waals surface area contributed by atoms with Crippen molar-refractivity contribution in [3.8, 4) is 5.75 Å². The number of methoxy groups -OCH3 is 1. The molecule has 3 aliphatic heterocycles. The number of nitrogens with one attached hydrogen (secondary N) is 1. The van der Waals surface area contributed by atoms with E-state index in [1.165, 1.54) is 25.7 Å². The van der Waals surface area contributed by atoms with Gasteiger partial charge in [0.25, 0.3) is 0 Å². The van der Waals surface area contributed by atoms with E-state index in [9.17, 15) is 4.79 Å². The summed E-state index contributed by atoms with van der Waals surface area (Å²) >= 11 is 6.14. The Labute approximate surface area is 191 Å². The fourth-order valence-corrected chi connectivity index (χ4v) is 5.18. The van der Waals surface area contributed by atoms with Gasteiger partial charge in [0.1, 0.15) is 5.75 Å². The van der Waals surface area contributed by atoms with Crippen molar-refractivity contribution in [1.82, 2.24) is 15.1 Å². The number of hydrogen-bond donors (Lipinski definition) is 1. The van der Waals surface area contributed by atoms with Gasteiger partial charge in [-0.3, -0.25) is 9.69 Å². The third-order valence-electron chi connectivity index (χ3n) is 6.40. The molecule has 3 saturated heterocycles. The van der Waals surface area contributed by atoms with Gasteiger partial charge in [0.15, 0.2) is 0 Å². The van der Waals surface area contributed by atoms with Gasteiger partial charge in [-0.2, -0.15) is 0 Å². The van der Waals surface area contributed by atoms with E-state index in [2.05, 4.69) is 15.1 Å². The van der Waals surface area contributed by atoms with Crippen LogP contribution in [0.4, 0.5) is 0 Å². The molecule has 4 rings (SSSR count). The summed E-state index contributed by atoms with van der Waals surface area (Å²) in [5.74, 6) is 1.80. The number of fused-ring (bicyclic) bond motifs is 2. The van der Waals surface area contributed by atoms with Gasteiger partial charge in [0.2, 0.25) is 5.91 Å². The molecule has 8 heteroatoms. The average Bonchev–Trinajstić information content (AvgIpc) is 3.01. The van der Waals surface area contributed by atoms with Crippen molar-refractivity contribution < 1.29 is 9.53 Å². The van der Waals surface area contributed by atoms with Gasteiger partial charge >= 0.3 is 0 Å². The van der Waals surface area contributed by atoms with Crippen molar-refractivity contribution in [2.75, 3.05) is 33.3 Å². The second-order valence-electron chi connectivity index (χ2n) is 8.29. The van der Waals surface area contributed by atoms with Crippen molar-refractivity contribution in [3.63, 3.8) is 0 Å². The van der Waals surface area contributed by atoms with Gasteiger partial charge in [-0.1, -0.05) is 11.6 Å². The maximum Gasteiger partial charge on any atom is 0.222 e. The Morgan fingerprint density at radius 3 is 2.41 bits per heavy atom. The van der Waals surface area contributed by atoms with Crippen molar-refractivity contribution >= 4 is 42.3 Å². The van der Waals surface area contributed by atoms with Crippen LogP contribution in [0.2, 0.25) is 5.02 Å². The van der Waals surface area contributed by atoms with E-state index in [1.54, 1.807) is 7.11 Å². The highest BCUT2D eigenvalue weighted by Crippen LogP contribution is 2.33. The zero-order valence-electron chi connectivity index (χ0n) is 16.9. The second kappa shape index (κ2) is 11.1. The number of ether oxygens (including phenoxy) is 1. The average molecular weight is 465 g/mol. The number of benzene rings is 1. The van der Waals surface area contributed by atoms with Crippen LogP contribution in [0.3, 0.4) is 0 Å². The van der Waals surface area contributed by atoms with E-state index < -0.39 is 0 Å². The number of piperazine rings is 1. The Morgan fingerprint density at radius 1 is 1.14 bits per heavy atom. The fourth-order valence-electron chi connectivity index (χ4n) is 4.98. The third kappa shape index (κ3) is 6.14. The topological polar surface area (TPSA) is 44.8 Å². The van der Waals surface area contributed by atoms with Crippen molar-refractivity contribution in [2.45, 2.75) is 50.7 Å². The Morgan fingerprint density at radius 2 is 1.79 bits per heavy atom. The number of carbonyl (C=O) groups is 1. The number of nitrogens with zero attached hydrogens (tertiary/aromatic N) is 2. The van der Waals surface area contributed by atoms with Crippen LogP contribution in [0.1, 0.15) is 37.7 Å². The molecule has 0 aromatic heterocycles. The fraction of sp³-hybridized carbons (Fsp3) is 0.667. The predicted molar refractivity (Wildman–Crippen MR) is 122 cm³/mol. The summed E-state index contributed by atoms with van der Waals surface area (Å²) in [6, 6.07) is 7.07. The van der Waals surface area contributed by atoms with E-state index in [0.717, 1.165) is 55.5 Å². The first-order valence-corrected chi connectivity index (χ1v) is 10.6. The van der Waals surface area contributed by atoms with Gasteiger partial charge in [-0.05, 0) is 49.8 Å².